The van der Waals surface area contributed by atoms with E-state index >= 15 is 0 Å². The number of nitrogens with zero attached hydrogens (tertiary/aromatic N) is 2. The molecule has 0 amide bonds. The lowest BCUT2D eigenvalue weighted by Gasteiger charge is -2.22. The molecule has 1 atom stereocenters. The summed E-state index contributed by atoms with van der Waals surface area (Å²) in [6.45, 7) is 6.33. The Bertz CT molecular complexity index is 596. The minimum absolute atomic E-state index is 0.294. The molecular weight excluding hydrogens is 258 g/mol. The van der Waals surface area contributed by atoms with Gasteiger partial charge in [0.2, 0.25) is 0 Å². The third-order valence-corrected chi connectivity index (χ3v) is 4.48. The highest BCUT2D eigenvalue weighted by Crippen LogP contribution is 2.30. The Morgan fingerprint density at radius 3 is 2.71 bits per heavy atom. The van der Waals surface area contributed by atoms with Gasteiger partial charge in [-0.05, 0) is 59.8 Å². The van der Waals surface area contributed by atoms with Gasteiger partial charge >= 0.3 is 0 Å². The van der Waals surface area contributed by atoms with Crippen molar-refractivity contribution in [2.24, 2.45) is 11.1 Å². The maximum absolute atomic E-state index is 5.89. The molecule has 1 aliphatic rings. The number of likely N-dealkylation sites (tertiary alicyclic amines) is 1. The zero-order chi connectivity index (χ0) is 14.7. The third kappa shape index (κ3) is 3.31. The van der Waals surface area contributed by atoms with Gasteiger partial charge in [-0.3, -0.25) is 9.88 Å². The average Bonchev–Trinajstić information content (AvgIpc) is 2.90. The molecule has 0 bridgehead atoms. The monoisotopic (exact) mass is 281 g/mol. The number of aromatic nitrogens is 1. The molecule has 1 aliphatic heterocycles. The van der Waals surface area contributed by atoms with Gasteiger partial charge in [0, 0.05) is 25.5 Å². The highest BCUT2D eigenvalue weighted by Gasteiger charge is 2.32. The molecule has 3 rings (SSSR count). The average molecular weight is 281 g/mol. The molecule has 0 spiro atoms. The summed E-state index contributed by atoms with van der Waals surface area (Å²) in [6, 6.07) is 12.9. The van der Waals surface area contributed by atoms with Crippen LogP contribution in [0.15, 0.2) is 48.8 Å². The van der Waals surface area contributed by atoms with Crippen LogP contribution in [0.1, 0.15) is 18.9 Å². The summed E-state index contributed by atoms with van der Waals surface area (Å²) in [5.74, 6) is 0. The van der Waals surface area contributed by atoms with Crippen LogP contribution in [0.4, 0.5) is 0 Å². The van der Waals surface area contributed by atoms with Crippen molar-refractivity contribution in [2.45, 2.75) is 19.9 Å². The lowest BCUT2D eigenvalue weighted by Crippen LogP contribution is -2.31. The van der Waals surface area contributed by atoms with Crippen molar-refractivity contribution in [1.82, 2.24) is 9.88 Å². The Morgan fingerprint density at radius 1 is 1.19 bits per heavy atom. The Hall–Kier alpha value is -1.71. The molecule has 2 N–H and O–H groups in total. The molecule has 0 aliphatic carbocycles. The smallest absolute Gasteiger partial charge is 0.0273 e. The van der Waals surface area contributed by atoms with Gasteiger partial charge < -0.3 is 5.73 Å². The highest BCUT2D eigenvalue weighted by molar-refractivity contribution is 5.63. The molecule has 0 radical (unpaired) electrons. The second-order valence-corrected chi connectivity index (χ2v) is 6.41. The summed E-state index contributed by atoms with van der Waals surface area (Å²) in [5, 5.41) is 0. The van der Waals surface area contributed by atoms with Crippen molar-refractivity contribution >= 4 is 0 Å². The second-order valence-electron chi connectivity index (χ2n) is 6.41. The quantitative estimate of drug-likeness (QED) is 0.937. The summed E-state index contributed by atoms with van der Waals surface area (Å²) in [7, 11) is 0. The first-order valence-corrected chi connectivity index (χ1v) is 7.60. The fourth-order valence-electron chi connectivity index (χ4n) is 3.08. The Balaban J connectivity index is 1.73. The number of benzene rings is 1. The molecule has 2 heterocycles. The van der Waals surface area contributed by atoms with E-state index in [0.717, 1.165) is 26.2 Å². The Labute approximate surface area is 126 Å². The summed E-state index contributed by atoms with van der Waals surface area (Å²) >= 11 is 0. The molecule has 3 heteroatoms. The van der Waals surface area contributed by atoms with Gasteiger partial charge in [0.1, 0.15) is 0 Å². The molecule has 1 aromatic heterocycles. The van der Waals surface area contributed by atoms with E-state index in [0.29, 0.717) is 5.41 Å². The van der Waals surface area contributed by atoms with Crippen LogP contribution < -0.4 is 5.73 Å². The summed E-state index contributed by atoms with van der Waals surface area (Å²) < 4.78 is 0. The van der Waals surface area contributed by atoms with E-state index in [4.69, 9.17) is 5.73 Å². The third-order valence-electron chi connectivity index (χ3n) is 4.48. The maximum Gasteiger partial charge on any atom is 0.0273 e. The maximum atomic E-state index is 5.89. The number of pyridine rings is 1. The van der Waals surface area contributed by atoms with Gasteiger partial charge in [-0.25, -0.2) is 0 Å². The van der Waals surface area contributed by atoms with Crippen LogP contribution in [-0.2, 0) is 6.54 Å². The predicted molar refractivity (Wildman–Crippen MR) is 86.7 cm³/mol. The van der Waals surface area contributed by atoms with Gasteiger partial charge in [-0.1, -0.05) is 25.1 Å². The largest absolute Gasteiger partial charge is 0.330 e. The van der Waals surface area contributed by atoms with E-state index < -0.39 is 0 Å². The molecular formula is C18H23N3. The number of hydrogen-bond acceptors (Lipinski definition) is 3. The van der Waals surface area contributed by atoms with Crippen molar-refractivity contribution in [3.05, 3.63) is 54.4 Å². The molecule has 1 unspecified atom stereocenters. The molecule has 1 fully saturated rings. The van der Waals surface area contributed by atoms with Crippen LogP contribution in [0.3, 0.4) is 0 Å². The lowest BCUT2D eigenvalue weighted by atomic mass is 9.90. The molecule has 21 heavy (non-hydrogen) atoms. The molecule has 110 valence electrons. The van der Waals surface area contributed by atoms with Crippen LogP contribution >= 0.6 is 0 Å². The molecule has 0 saturated carbocycles. The minimum atomic E-state index is 0.294. The van der Waals surface area contributed by atoms with Gasteiger partial charge in [0.25, 0.3) is 0 Å². The van der Waals surface area contributed by atoms with Crippen molar-refractivity contribution in [2.75, 3.05) is 19.6 Å². The van der Waals surface area contributed by atoms with Gasteiger partial charge in [0.05, 0.1) is 0 Å². The van der Waals surface area contributed by atoms with Crippen LogP contribution in [0.25, 0.3) is 11.1 Å². The first-order chi connectivity index (χ1) is 10.2. The van der Waals surface area contributed by atoms with E-state index in [-0.39, 0.29) is 0 Å². The molecule has 3 nitrogen and oxygen atoms in total. The van der Waals surface area contributed by atoms with E-state index in [1.165, 1.54) is 23.1 Å². The van der Waals surface area contributed by atoms with E-state index in [9.17, 15) is 0 Å². The van der Waals surface area contributed by atoms with Gasteiger partial charge in [-0.2, -0.15) is 0 Å². The predicted octanol–water partition coefficient (Wildman–Crippen LogP) is 2.92. The van der Waals surface area contributed by atoms with E-state index in [2.05, 4.69) is 53.2 Å². The van der Waals surface area contributed by atoms with Gasteiger partial charge in [-0.15, -0.1) is 0 Å². The first kappa shape index (κ1) is 14.2. The number of nitrogens with two attached hydrogens (primary N) is 1. The zero-order valence-corrected chi connectivity index (χ0v) is 12.6. The highest BCUT2D eigenvalue weighted by atomic mass is 15.2. The summed E-state index contributed by atoms with van der Waals surface area (Å²) in [4.78, 5) is 6.59. The molecule has 2 aromatic rings. The fraction of sp³-hybridized carbons (Fsp3) is 0.389. The summed E-state index contributed by atoms with van der Waals surface area (Å²) in [6.07, 6.45) is 4.89. The van der Waals surface area contributed by atoms with Crippen LogP contribution in [0.2, 0.25) is 0 Å². The molecule has 1 saturated heterocycles. The van der Waals surface area contributed by atoms with Crippen LogP contribution in [0.5, 0.6) is 0 Å². The lowest BCUT2D eigenvalue weighted by molar-refractivity contribution is 0.274. The first-order valence-electron chi connectivity index (χ1n) is 7.60. The van der Waals surface area contributed by atoms with Crippen LogP contribution in [0, 0.1) is 5.41 Å². The Morgan fingerprint density at radius 2 is 2.00 bits per heavy atom. The fourth-order valence-corrected chi connectivity index (χ4v) is 3.08. The van der Waals surface area contributed by atoms with Crippen molar-refractivity contribution in [3.8, 4) is 11.1 Å². The normalized spacial score (nSPS) is 22.6. The Kier molecular flexibility index (Phi) is 4.04. The molecule has 1 aromatic carbocycles. The van der Waals surface area contributed by atoms with Crippen molar-refractivity contribution in [3.63, 3.8) is 0 Å². The van der Waals surface area contributed by atoms with E-state index in [1.54, 1.807) is 0 Å². The van der Waals surface area contributed by atoms with E-state index in [1.807, 2.05) is 12.4 Å². The van der Waals surface area contributed by atoms with Crippen molar-refractivity contribution < 1.29 is 0 Å². The zero-order valence-electron chi connectivity index (χ0n) is 12.6. The van der Waals surface area contributed by atoms with Crippen molar-refractivity contribution in [1.29, 1.82) is 0 Å². The summed E-state index contributed by atoms with van der Waals surface area (Å²) in [5.41, 5.74) is 10.0. The second kappa shape index (κ2) is 5.96. The number of rotatable bonds is 4. The SMILES string of the molecule is CC1(CN)CCN(Cc2cccc(-c3ccncc3)c2)C1. The topological polar surface area (TPSA) is 42.1 Å². The standard InChI is InChI=1S/C18H23N3/c1-18(13-19)7-10-21(14-18)12-15-3-2-4-17(11-15)16-5-8-20-9-6-16/h2-6,8-9,11H,7,10,12-14,19H2,1H3. The van der Waals surface area contributed by atoms with Gasteiger partial charge in [0.15, 0.2) is 0 Å². The minimum Gasteiger partial charge on any atom is -0.330 e. The van der Waals surface area contributed by atoms with Crippen LogP contribution in [-0.4, -0.2) is 29.5 Å². The number of hydrogen-bond donors (Lipinski definition) is 1.